The number of amides is 1. The second-order valence-corrected chi connectivity index (χ2v) is 6.44. The summed E-state index contributed by atoms with van der Waals surface area (Å²) in [4.78, 5) is 12.6. The van der Waals surface area contributed by atoms with Crippen LogP contribution in [0.5, 0.6) is 0 Å². The highest BCUT2D eigenvalue weighted by atomic mass is 19.4. The SMILES string of the molecule is CCn1nc(C)c(C(=O)Nc2cnn(Cc3cccc(C(F)(F)F)c3)c2)c1C. The number of carbonyl (C=O) groups is 1. The Kier molecular flexibility index (Phi) is 5.26. The number of halogens is 3. The Bertz CT molecular complexity index is 1000. The maximum absolute atomic E-state index is 12.8. The molecule has 2 aromatic heterocycles. The lowest BCUT2D eigenvalue weighted by Crippen LogP contribution is -2.14. The Labute approximate surface area is 160 Å². The molecule has 6 nitrogen and oxygen atoms in total. The van der Waals surface area contributed by atoms with Gasteiger partial charge in [-0.2, -0.15) is 23.4 Å². The van der Waals surface area contributed by atoms with Crippen LogP contribution in [-0.2, 0) is 19.3 Å². The first-order valence-electron chi connectivity index (χ1n) is 8.73. The first-order valence-corrected chi connectivity index (χ1v) is 8.73. The molecule has 0 radical (unpaired) electrons. The third-order valence-corrected chi connectivity index (χ3v) is 4.40. The number of rotatable bonds is 5. The first kappa shape index (κ1) is 19.7. The molecule has 0 spiro atoms. The van der Waals surface area contributed by atoms with Crippen molar-refractivity contribution >= 4 is 11.6 Å². The first-order chi connectivity index (χ1) is 13.2. The molecule has 28 heavy (non-hydrogen) atoms. The molecule has 1 amide bonds. The number of nitrogens with zero attached hydrogens (tertiary/aromatic N) is 4. The zero-order chi connectivity index (χ0) is 20.5. The molecule has 1 aromatic carbocycles. The van der Waals surface area contributed by atoms with Crippen molar-refractivity contribution in [2.24, 2.45) is 0 Å². The summed E-state index contributed by atoms with van der Waals surface area (Å²) in [6.45, 7) is 6.36. The van der Waals surface area contributed by atoms with Gasteiger partial charge in [0.2, 0.25) is 0 Å². The van der Waals surface area contributed by atoms with Crippen molar-refractivity contribution in [3.05, 3.63) is 64.7 Å². The van der Waals surface area contributed by atoms with E-state index in [0.717, 1.165) is 17.8 Å². The monoisotopic (exact) mass is 391 g/mol. The summed E-state index contributed by atoms with van der Waals surface area (Å²) in [6, 6.07) is 5.08. The van der Waals surface area contributed by atoms with Gasteiger partial charge >= 0.3 is 6.18 Å². The molecule has 3 rings (SSSR count). The molecule has 0 aliphatic carbocycles. The van der Waals surface area contributed by atoms with Gasteiger partial charge in [0.05, 0.1) is 35.2 Å². The molecule has 0 aliphatic rings. The number of benzene rings is 1. The molecule has 0 saturated carbocycles. The molecule has 0 saturated heterocycles. The van der Waals surface area contributed by atoms with Gasteiger partial charge in [-0.15, -0.1) is 0 Å². The molecule has 0 unspecified atom stereocenters. The van der Waals surface area contributed by atoms with Gasteiger partial charge in [0, 0.05) is 18.4 Å². The number of hydrogen-bond donors (Lipinski definition) is 1. The summed E-state index contributed by atoms with van der Waals surface area (Å²) in [5.41, 5.74) is 2.13. The van der Waals surface area contributed by atoms with E-state index in [9.17, 15) is 18.0 Å². The molecule has 148 valence electrons. The van der Waals surface area contributed by atoms with Gasteiger partial charge in [-0.3, -0.25) is 14.2 Å². The molecule has 0 atom stereocenters. The van der Waals surface area contributed by atoms with E-state index in [1.54, 1.807) is 23.9 Å². The zero-order valence-electron chi connectivity index (χ0n) is 15.7. The van der Waals surface area contributed by atoms with E-state index in [4.69, 9.17) is 0 Å². The average Bonchev–Trinajstić information content (AvgIpc) is 3.17. The summed E-state index contributed by atoms with van der Waals surface area (Å²) in [6.07, 6.45) is -1.36. The summed E-state index contributed by atoms with van der Waals surface area (Å²) in [5, 5.41) is 11.2. The van der Waals surface area contributed by atoms with E-state index in [1.807, 2.05) is 13.8 Å². The minimum atomic E-state index is -4.39. The normalized spacial score (nSPS) is 11.6. The number of nitrogens with one attached hydrogen (secondary N) is 1. The van der Waals surface area contributed by atoms with Crippen LogP contribution in [0.2, 0.25) is 0 Å². The van der Waals surface area contributed by atoms with Crippen molar-refractivity contribution in [3.8, 4) is 0 Å². The van der Waals surface area contributed by atoms with Gasteiger partial charge < -0.3 is 5.32 Å². The minimum absolute atomic E-state index is 0.158. The maximum Gasteiger partial charge on any atom is 0.416 e. The molecule has 0 fully saturated rings. The third-order valence-electron chi connectivity index (χ3n) is 4.40. The second-order valence-electron chi connectivity index (χ2n) is 6.44. The van der Waals surface area contributed by atoms with Crippen molar-refractivity contribution < 1.29 is 18.0 Å². The largest absolute Gasteiger partial charge is 0.416 e. The molecular formula is C19H20F3N5O. The fourth-order valence-corrected chi connectivity index (χ4v) is 3.07. The Morgan fingerprint density at radius 1 is 1.25 bits per heavy atom. The van der Waals surface area contributed by atoms with Crippen LogP contribution in [0.25, 0.3) is 0 Å². The van der Waals surface area contributed by atoms with Crippen molar-refractivity contribution in [2.45, 2.75) is 40.0 Å². The van der Waals surface area contributed by atoms with Crippen LogP contribution in [0.4, 0.5) is 18.9 Å². The van der Waals surface area contributed by atoms with Crippen LogP contribution >= 0.6 is 0 Å². The Morgan fingerprint density at radius 3 is 2.64 bits per heavy atom. The Balaban J connectivity index is 1.73. The van der Waals surface area contributed by atoms with E-state index < -0.39 is 11.7 Å². The predicted molar refractivity (Wildman–Crippen MR) is 98.1 cm³/mol. The minimum Gasteiger partial charge on any atom is -0.319 e. The van der Waals surface area contributed by atoms with Crippen molar-refractivity contribution in [3.63, 3.8) is 0 Å². The number of hydrogen-bond acceptors (Lipinski definition) is 3. The molecule has 2 heterocycles. The standard InChI is InChI=1S/C19H20F3N5O/c1-4-27-13(3)17(12(2)25-27)18(28)24-16-9-23-26(11-16)10-14-6-5-7-15(8-14)19(20,21)22/h5-9,11H,4,10H2,1-3H3,(H,24,28). The molecular weight excluding hydrogens is 371 g/mol. The lowest BCUT2D eigenvalue weighted by molar-refractivity contribution is -0.137. The van der Waals surface area contributed by atoms with Crippen LogP contribution in [-0.4, -0.2) is 25.5 Å². The average molecular weight is 391 g/mol. The summed E-state index contributed by atoms with van der Waals surface area (Å²) in [5.74, 6) is -0.298. The Hall–Kier alpha value is -3.10. The highest BCUT2D eigenvalue weighted by Gasteiger charge is 2.30. The van der Waals surface area contributed by atoms with Crippen LogP contribution in [0.15, 0.2) is 36.7 Å². The quantitative estimate of drug-likeness (QED) is 0.714. The fraction of sp³-hybridized carbons (Fsp3) is 0.316. The van der Waals surface area contributed by atoms with Crippen LogP contribution in [0.1, 0.15) is 39.8 Å². The van der Waals surface area contributed by atoms with Crippen molar-refractivity contribution in [1.29, 1.82) is 0 Å². The highest BCUT2D eigenvalue weighted by molar-refractivity contribution is 6.05. The number of alkyl halides is 3. The number of aryl methyl sites for hydroxylation is 2. The van der Waals surface area contributed by atoms with Gasteiger partial charge in [-0.1, -0.05) is 12.1 Å². The number of anilines is 1. The highest BCUT2D eigenvalue weighted by Crippen LogP contribution is 2.29. The van der Waals surface area contributed by atoms with Gasteiger partial charge in [-0.05, 0) is 38.5 Å². The van der Waals surface area contributed by atoms with Crippen LogP contribution in [0, 0.1) is 13.8 Å². The van der Waals surface area contributed by atoms with Crippen LogP contribution < -0.4 is 5.32 Å². The molecule has 3 aromatic rings. The predicted octanol–water partition coefficient (Wildman–Crippen LogP) is 4.04. The Morgan fingerprint density at radius 2 is 2.00 bits per heavy atom. The van der Waals surface area contributed by atoms with Crippen LogP contribution in [0.3, 0.4) is 0 Å². The van der Waals surface area contributed by atoms with Gasteiger partial charge in [0.25, 0.3) is 5.91 Å². The van der Waals surface area contributed by atoms with E-state index in [1.165, 1.54) is 16.9 Å². The number of aromatic nitrogens is 4. The smallest absolute Gasteiger partial charge is 0.319 e. The maximum atomic E-state index is 12.8. The fourth-order valence-electron chi connectivity index (χ4n) is 3.07. The number of carbonyl (C=O) groups excluding carboxylic acids is 1. The lowest BCUT2D eigenvalue weighted by atomic mass is 10.1. The van der Waals surface area contributed by atoms with E-state index >= 15 is 0 Å². The summed E-state index contributed by atoms with van der Waals surface area (Å²) < 4.78 is 41.7. The third kappa shape index (κ3) is 4.08. The van der Waals surface area contributed by atoms with Gasteiger partial charge in [-0.25, -0.2) is 0 Å². The summed E-state index contributed by atoms with van der Waals surface area (Å²) in [7, 11) is 0. The van der Waals surface area contributed by atoms with E-state index in [0.29, 0.717) is 29.1 Å². The molecule has 0 aliphatic heterocycles. The zero-order valence-corrected chi connectivity index (χ0v) is 15.7. The van der Waals surface area contributed by atoms with Crippen molar-refractivity contribution in [2.75, 3.05) is 5.32 Å². The molecule has 0 bridgehead atoms. The van der Waals surface area contributed by atoms with Crippen molar-refractivity contribution in [1.82, 2.24) is 19.6 Å². The van der Waals surface area contributed by atoms with E-state index in [-0.39, 0.29) is 12.5 Å². The van der Waals surface area contributed by atoms with Gasteiger partial charge in [0.1, 0.15) is 0 Å². The molecule has 1 N–H and O–H groups in total. The molecule has 9 heteroatoms. The topological polar surface area (TPSA) is 64.7 Å². The summed E-state index contributed by atoms with van der Waals surface area (Å²) >= 11 is 0. The van der Waals surface area contributed by atoms with Gasteiger partial charge in [0.15, 0.2) is 0 Å². The second kappa shape index (κ2) is 7.49. The van der Waals surface area contributed by atoms with E-state index in [2.05, 4.69) is 15.5 Å². The lowest BCUT2D eigenvalue weighted by Gasteiger charge is -2.08.